The maximum Gasteiger partial charge on any atom is 0.347 e. The second-order valence-electron chi connectivity index (χ2n) is 12.0. The number of aromatic nitrogens is 5. The maximum absolute atomic E-state index is 14.0. The van der Waals surface area contributed by atoms with Gasteiger partial charge in [-0.3, -0.25) is 14.4 Å². The van der Waals surface area contributed by atoms with E-state index in [0.29, 0.717) is 38.7 Å². The standard InChI is InChI=1S/C34H30ClN5O8/c1-16-11-26(42)20-13-23-18(29(30(20)31(16)43)19-12-17(35)5-6-25(19)41)7-10-39-33(45)38(34(46)40(23)39)9-8-21-32(44)37(2)24-15-28(48-4)27(47-3)14-22(24)36-21/h5-7,11-12,14-15,23,29,41H,8-10,13H2,1-4H3/t23-,29-/m1/s1. The Morgan fingerprint density at radius 2 is 1.75 bits per heavy atom. The average molecular weight is 672 g/mol. The van der Waals surface area contributed by atoms with Gasteiger partial charge in [-0.2, -0.15) is 0 Å². The number of ketones is 2. The first-order chi connectivity index (χ1) is 22.9. The Labute approximate surface area is 277 Å². The Morgan fingerprint density at radius 1 is 1.02 bits per heavy atom. The molecule has 0 radical (unpaired) electrons. The molecule has 0 fully saturated rings. The minimum atomic E-state index is -0.878. The van der Waals surface area contributed by atoms with Crippen molar-refractivity contribution in [3.05, 3.63) is 112 Å². The number of benzene rings is 2. The van der Waals surface area contributed by atoms with Crippen molar-refractivity contribution < 1.29 is 24.2 Å². The van der Waals surface area contributed by atoms with Crippen LogP contribution in [0.15, 0.2) is 79.2 Å². The lowest BCUT2D eigenvalue weighted by molar-refractivity contribution is -0.116. The number of carbonyl (C=O) groups is 2. The van der Waals surface area contributed by atoms with E-state index in [1.165, 1.54) is 46.4 Å². The van der Waals surface area contributed by atoms with Gasteiger partial charge in [0, 0.05) is 71.8 Å². The van der Waals surface area contributed by atoms with Crippen molar-refractivity contribution in [1.82, 2.24) is 23.5 Å². The zero-order valence-corrected chi connectivity index (χ0v) is 27.2. The Bertz CT molecular complexity index is 2390. The largest absolute Gasteiger partial charge is 0.508 e. The lowest BCUT2D eigenvalue weighted by Crippen LogP contribution is -2.40. The van der Waals surface area contributed by atoms with Crippen LogP contribution in [0.1, 0.15) is 36.6 Å². The van der Waals surface area contributed by atoms with Crippen molar-refractivity contribution in [2.24, 2.45) is 7.05 Å². The number of ether oxygens (including phenoxy) is 2. The highest BCUT2D eigenvalue weighted by molar-refractivity contribution is 6.30. The molecule has 1 aliphatic heterocycles. The summed E-state index contributed by atoms with van der Waals surface area (Å²) in [7, 11) is 4.58. The number of aromatic hydroxyl groups is 1. The number of phenolic OH excluding ortho intramolecular Hbond substituents is 1. The number of halogens is 1. The monoisotopic (exact) mass is 671 g/mol. The third-order valence-corrected chi connectivity index (χ3v) is 9.67. The van der Waals surface area contributed by atoms with Gasteiger partial charge in [0.05, 0.1) is 37.8 Å². The molecule has 0 saturated heterocycles. The molecule has 4 aromatic rings. The zero-order chi connectivity index (χ0) is 34.2. The third kappa shape index (κ3) is 4.60. The molecule has 3 heterocycles. The van der Waals surface area contributed by atoms with Crippen LogP contribution < -0.4 is 26.4 Å². The van der Waals surface area contributed by atoms with Crippen LogP contribution in [0.5, 0.6) is 17.2 Å². The summed E-state index contributed by atoms with van der Waals surface area (Å²) in [6, 6.07) is 6.96. The lowest BCUT2D eigenvalue weighted by atomic mass is 9.67. The first-order valence-corrected chi connectivity index (χ1v) is 15.5. The van der Waals surface area contributed by atoms with Crippen molar-refractivity contribution in [3.63, 3.8) is 0 Å². The highest BCUT2D eigenvalue weighted by Gasteiger charge is 2.45. The van der Waals surface area contributed by atoms with Crippen molar-refractivity contribution in [2.45, 2.75) is 44.8 Å². The summed E-state index contributed by atoms with van der Waals surface area (Å²) in [6.45, 7) is 1.43. The number of allylic oxidation sites excluding steroid dienone is 6. The van der Waals surface area contributed by atoms with Gasteiger partial charge in [-0.25, -0.2) is 28.5 Å². The van der Waals surface area contributed by atoms with Crippen LogP contribution in [-0.4, -0.2) is 54.4 Å². The molecular formula is C34H30ClN5O8. The number of methoxy groups -OCH3 is 2. The van der Waals surface area contributed by atoms with Gasteiger partial charge in [-0.15, -0.1) is 0 Å². The topological polar surface area (TPSA) is 157 Å². The molecule has 0 unspecified atom stereocenters. The Balaban J connectivity index is 1.30. The summed E-state index contributed by atoms with van der Waals surface area (Å²) in [5.41, 5.74) is 1.13. The van der Waals surface area contributed by atoms with E-state index in [0.717, 1.165) is 4.57 Å². The first kappa shape index (κ1) is 31.2. The fraction of sp³-hybridized carbons (Fsp3) is 0.294. The van der Waals surface area contributed by atoms with Crippen molar-refractivity contribution in [1.29, 1.82) is 0 Å². The molecule has 0 bridgehead atoms. The van der Waals surface area contributed by atoms with E-state index in [1.54, 1.807) is 38.2 Å². The quantitative estimate of drug-likeness (QED) is 0.241. The molecule has 0 saturated carbocycles. The van der Waals surface area contributed by atoms with E-state index >= 15 is 0 Å². The number of hydrogen-bond acceptors (Lipinski definition) is 9. The highest BCUT2D eigenvalue weighted by Crippen LogP contribution is 2.51. The Hall–Kier alpha value is -5.43. The minimum absolute atomic E-state index is 0.00191. The predicted molar refractivity (Wildman–Crippen MR) is 175 cm³/mol. The fourth-order valence-electron chi connectivity index (χ4n) is 7.07. The lowest BCUT2D eigenvalue weighted by Gasteiger charge is -2.39. The summed E-state index contributed by atoms with van der Waals surface area (Å²) in [4.78, 5) is 72.5. The summed E-state index contributed by atoms with van der Waals surface area (Å²) in [6.07, 6.45) is 3.01. The molecule has 2 aliphatic carbocycles. The van der Waals surface area contributed by atoms with Crippen LogP contribution in [0.2, 0.25) is 5.02 Å². The molecule has 3 aliphatic rings. The molecule has 14 heteroatoms. The fourth-order valence-corrected chi connectivity index (χ4v) is 7.25. The summed E-state index contributed by atoms with van der Waals surface area (Å²) in [5.74, 6) is -0.839. The summed E-state index contributed by atoms with van der Waals surface area (Å²) in [5, 5.41) is 11.2. The maximum atomic E-state index is 14.0. The van der Waals surface area contributed by atoms with Crippen molar-refractivity contribution in [2.75, 3.05) is 14.2 Å². The second kappa shape index (κ2) is 11.4. The second-order valence-corrected chi connectivity index (χ2v) is 12.4. The molecule has 48 heavy (non-hydrogen) atoms. The van der Waals surface area contributed by atoms with E-state index < -0.39 is 28.9 Å². The summed E-state index contributed by atoms with van der Waals surface area (Å²) >= 11 is 6.32. The molecule has 0 amide bonds. The van der Waals surface area contributed by atoms with Crippen LogP contribution in [0.4, 0.5) is 0 Å². The molecular weight excluding hydrogens is 642 g/mol. The zero-order valence-electron chi connectivity index (χ0n) is 26.4. The van der Waals surface area contributed by atoms with Gasteiger partial charge in [0.2, 0.25) is 0 Å². The molecule has 2 aromatic carbocycles. The van der Waals surface area contributed by atoms with Gasteiger partial charge in [0.1, 0.15) is 11.4 Å². The molecule has 0 spiro atoms. The van der Waals surface area contributed by atoms with Gasteiger partial charge >= 0.3 is 11.4 Å². The van der Waals surface area contributed by atoms with Crippen LogP contribution >= 0.6 is 11.6 Å². The summed E-state index contributed by atoms with van der Waals surface area (Å²) < 4.78 is 15.8. The molecule has 246 valence electrons. The Morgan fingerprint density at radius 3 is 2.48 bits per heavy atom. The Kier molecular flexibility index (Phi) is 7.39. The smallest absolute Gasteiger partial charge is 0.347 e. The van der Waals surface area contributed by atoms with Crippen molar-refractivity contribution in [3.8, 4) is 17.2 Å². The number of rotatable bonds is 6. The number of Topliss-reactive ketones (excluding diaryl/α,β-unsaturated/α-hetero) is 1. The van der Waals surface area contributed by atoms with Gasteiger partial charge in [0.15, 0.2) is 23.1 Å². The van der Waals surface area contributed by atoms with E-state index in [4.69, 9.17) is 21.1 Å². The van der Waals surface area contributed by atoms with E-state index in [-0.39, 0.29) is 65.7 Å². The third-order valence-electron chi connectivity index (χ3n) is 9.43. The van der Waals surface area contributed by atoms with E-state index in [1.807, 2.05) is 0 Å². The minimum Gasteiger partial charge on any atom is -0.508 e. The first-order valence-electron chi connectivity index (χ1n) is 15.2. The van der Waals surface area contributed by atoms with Gasteiger partial charge in [-0.1, -0.05) is 17.7 Å². The average Bonchev–Trinajstić information content (AvgIpc) is 3.32. The van der Waals surface area contributed by atoms with Crippen LogP contribution in [0.3, 0.4) is 0 Å². The number of carbonyl (C=O) groups excluding carboxylic acids is 2. The van der Waals surface area contributed by atoms with Gasteiger partial charge < -0.3 is 19.1 Å². The number of phenols is 1. The number of fused-ring (bicyclic) bond motifs is 4. The number of hydrogen-bond donors (Lipinski definition) is 1. The highest BCUT2D eigenvalue weighted by atomic mass is 35.5. The molecule has 7 rings (SSSR count). The van der Waals surface area contributed by atoms with Crippen LogP contribution in [-0.2, 0) is 36.1 Å². The predicted octanol–water partition coefficient (Wildman–Crippen LogP) is 2.74. The van der Waals surface area contributed by atoms with E-state index in [2.05, 4.69) is 4.98 Å². The SMILES string of the molecule is COc1cc2nc(CCn3c(=O)n4n(c3=O)[C@@H]3CC5=C(C(=O)C(C)=CC5=O)[C@@H](c5cc(Cl)ccc5O)C3=CC4)c(=O)n(C)c2cc1OC. The molecule has 13 nitrogen and oxygen atoms in total. The number of nitrogens with zero attached hydrogens (tertiary/aromatic N) is 5. The molecule has 1 N–H and O–H groups in total. The molecule has 2 atom stereocenters. The van der Waals surface area contributed by atoms with Gasteiger partial charge in [0.25, 0.3) is 5.56 Å². The van der Waals surface area contributed by atoms with E-state index in [9.17, 15) is 29.1 Å². The normalized spacial score (nSPS) is 18.7. The van der Waals surface area contributed by atoms with Gasteiger partial charge in [-0.05, 0) is 36.8 Å². The molecule has 2 aromatic heterocycles. The van der Waals surface area contributed by atoms with Crippen molar-refractivity contribution >= 4 is 34.2 Å². The van der Waals surface area contributed by atoms with Crippen LogP contribution in [0.25, 0.3) is 11.0 Å². The number of aryl methyl sites for hydroxylation is 2. The van der Waals surface area contributed by atoms with Crippen LogP contribution in [0, 0.1) is 0 Å².